The fraction of sp³-hybridized carbons (Fsp3) is 0.650. The average Bonchev–Trinajstić information content (AvgIpc) is 2.64. The number of nitrogens with one attached hydrogen (secondary N) is 2. The van der Waals surface area contributed by atoms with Crippen molar-refractivity contribution in [3.8, 4) is 0 Å². The zero-order valence-electron chi connectivity index (χ0n) is 16.7. The van der Waals surface area contributed by atoms with Gasteiger partial charge < -0.3 is 15.4 Å². The van der Waals surface area contributed by atoms with Crippen molar-refractivity contribution in [1.29, 1.82) is 0 Å². The first kappa shape index (κ1) is 25.0. The lowest BCUT2D eigenvalue weighted by Crippen LogP contribution is -2.42. The SMILES string of the molecule is CCNC(=NCC1(c2cccc(C(F)(F)F)c2)CCOCC1)NCC(C)C.I. The lowest BCUT2D eigenvalue weighted by atomic mass is 9.74. The largest absolute Gasteiger partial charge is 0.416 e. The van der Waals surface area contributed by atoms with E-state index in [2.05, 4.69) is 24.5 Å². The zero-order valence-corrected chi connectivity index (χ0v) is 19.1. The highest BCUT2D eigenvalue weighted by molar-refractivity contribution is 14.0. The van der Waals surface area contributed by atoms with Gasteiger partial charge in [-0.2, -0.15) is 13.2 Å². The fourth-order valence-corrected chi connectivity index (χ4v) is 3.20. The Morgan fingerprint density at radius 1 is 1.21 bits per heavy atom. The van der Waals surface area contributed by atoms with Gasteiger partial charge in [0.05, 0.1) is 12.1 Å². The van der Waals surface area contributed by atoms with E-state index in [-0.39, 0.29) is 24.0 Å². The number of ether oxygens (including phenoxy) is 1. The monoisotopic (exact) mass is 513 g/mol. The van der Waals surface area contributed by atoms with Crippen LogP contribution in [0.25, 0.3) is 0 Å². The van der Waals surface area contributed by atoms with Gasteiger partial charge in [-0.3, -0.25) is 4.99 Å². The van der Waals surface area contributed by atoms with Crippen LogP contribution in [0.1, 0.15) is 44.7 Å². The molecule has 0 saturated carbocycles. The molecule has 1 saturated heterocycles. The molecule has 0 radical (unpaired) electrons. The fourth-order valence-electron chi connectivity index (χ4n) is 3.20. The van der Waals surface area contributed by atoms with E-state index in [9.17, 15) is 13.2 Å². The summed E-state index contributed by atoms with van der Waals surface area (Å²) in [5.41, 5.74) is -0.372. The Labute approximate surface area is 182 Å². The summed E-state index contributed by atoms with van der Waals surface area (Å²) in [6.45, 7) is 9.20. The molecule has 0 aromatic heterocycles. The molecular weight excluding hydrogens is 482 g/mol. The van der Waals surface area contributed by atoms with Gasteiger partial charge in [0.1, 0.15) is 0 Å². The van der Waals surface area contributed by atoms with Crippen LogP contribution in [-0.2, 0) is 16.3 Å². The predicted molar refractivity (Wildman–Crippen MR) is 117 cm³/mol. The van der Waals surface area contributed by atoms with Gasteiger partial charge in [-0.05, 0) is 37.3 Å². The molecule has 2 N–H and O–H groups in total. The number of nitrogens with zero attached hydrogens (tertiary/aromatic N) is 1. The summed E-state index contributed by atoms with van der Waals surface area (Å²) in [5.74, 6) is 1.17. The molecule has 0 atom stereocenters. The number of halogens is 4. The Morgan fingerprint density at radius 2 is 1.89 bits per heavy atom. The van der Waals surface area contributed by atoms with Crippen LogP contribution >= 0.6 is 24.0 Å². The van der Waals surface area contributed by atoms with Crippen molar-refractivity contribution in [1.82, 2.24) is 10.6 Å². The van der Waals surface area contributed by atoms with Crippen LogP contribution in [0.3, 0.4) is 0 Å². The first-order valence-electron chi connectivity index (χ1n) is 9.54. The molecule has 160 valence electrons. The third-order valence-electron chi connectivity index (χ3n) is 4.81. The molecular formula is C20H31F3IN3O. The molecule has 0 amide bonds. The summed E-state index contributed by atoms with van der Waals surface area (Å²) >= 11 is 0. The van der Waals surface area contributed by atoms with Crippen molar-refractivity contribution < 1.29 is 17.9 Å². The molecule has 8 heteroatoms. The minimum absolute atomic E-state index is 0. The van der Waals surface area contributed by atoms with Gasteiger partial charge >= 0.3 is 6.18 Å². The van der Waals surface area contributed by atoms with E-state index in [1.165, 1.54) is 12.1 Å². The van der Waals surface area contributed by atoms with Gasteiger partial charge in [0, 0.05) is 31.7 Å². The summed E-state index contributed by atoms with van der Waals surface area (Å²) in [7, 11) is 0. The van der Waals surface area contributed by atoms with Crippen LogP contribution in [0.5, 0.6) is 0 Å². The van der Waals surface area contributed by atoms with Crippen LogP contribution in [0.4, 0.5) is 13.2 Å². The number of rotatable bonds is 6. The van der Waals surface area contributed by atoms with Crippen LogP contribution in [0, 0.1) is 5.92 Å². The molecule has 1 aliphatic heterocycles. The third kappa shape index (κ3) is 7.09. The molecule has 0 bridgehead atoms. The summed E-state index contributed by atoms with van der Waals surface area (Å²) < 4.78 is 45.0. The van der Waals surface area contributed by atoms with Gasteiger partial charge in [0.15, 0.2) is 5.96 Å². The maximum absolute atomic E-state index is 13.2. The molecule has 0 unspecified atom stereocenters. The van der Waals surface area contributed by atoms with Crippen molar-refractivity contribution in [3.05, 3.63) is 35.4 Å². The van der Waals surface area contributed by atoms with Crippen LogP contribution in [0.2, 0.25) is 0 Å². The molecule has 1 aromatic carbocycles. The van der Waals surface area contributed by atoms with Crippen LogP contribution in [0.15, 0.2) is 29.3 Å². The minimum atomic E-state index is -4.35. The highest BCUT2D eigenvalue weighted by Gasteiger charge is 2.37. The first-order valence-corrected chi connectivity index (χ1v) is 9.54. The highest BCUT2D eigenvalue weighted by Crippen LogP contribution is 2.38. The lowest BCUT2D eigenvalue weighted by Gasteiger charge is -2.37. The van der Waals surface area contributed by atoms with Gasteiger partial charge in [-0.25, -0.2) is 0 Å². The second-order valence-corrected chi connectivity index (χ2v) is 7.44. The van der Waals surface area contributed by atoms with Crippen molar-refractivity contribution in [3.63, 3.8) is 0 Å². The summed E-state index contributed by atoms with van der Waals surface area (Å²) in [5, 5.41) is 6.50. The van der Waals surface area contributed by atoms with E-state index in [4.69, 9.17) is 9.73 Å². The van der Waals surface area contributed by atoms with Crippen molar-refractivity contribution in [2.75, 3.05) is 32.8 Å². The Balaban J connectivity index is 0.00000392. The molecule has 1 aromatic rings. The van der Waals surface area contributed by atoms with Gasteiger partial charge in [0.25, 0.3) is 0 Å². The second kappa shape index (κ2) is 11.2. The van der Waals surface area contributed by atoms with Gasteiger partial charge in [-0.15, -0.1) is 24.0 Å². The standard InChI is InChI=1S/C20H30F3N3O.HI/c1-4-24-18(25-13-15(2)3)26-14-19(8-10-27-11-9-19)16-6-5-7-17(12-16)20(21,22)23;/h5-7,12,15H,4,8-11,13-14H2,1-3H3,(H2,24,25,26);1H. The molecule has 2 rings (SSSR count). The maximum Gasteiger partial charge on any atom is 0.416 e. The zero-order chi connectivity index (χ0) is 19.9. The number of benzene rings is 1. The molecule has 1 aliphatic rings. The molecule has 0 aliphatic carbocycles. The average molecular weight is 513 g/mol. The second-order valence-electron chi connectivity index (χ2n) is 7.44. The minimum Gasteiger partial charge on any atom is -0.381 e. The van der Waals surface area contributed by atoms with Crippen LogP contribution < -0.4 is 10.6 Å². The number of hydrogen-bond donors (Lipinski definition) is 2. The first-order chi connectivity index (χ1) is 12.8. The van der Waals surface area contributed by atoms with Gasteiger partial charge in [-0.1, -0.05) is 32.0 Å². The van der Waals surface area contributed by atoms with Crippen molar-refractivity contribution >= 4 is 29.9 Å². The smallest absolute Gasteiger partial charge is 0.381 e. The van der Waals surface area contributed by atoms with E-state index in [0.29, 0.717) is 50.0 Å². The summed E-state index contributed by atoms with van der Waals surface area (Å²) in [4.78, 5) is 4.71. The molecule has 28 heavy (non-hydrogen) atoms. The van der Waals surface area contributed by atoms with E-state index in [0.717, 1.165) is 19.2 Å². The molecule has 4 nitrogen and oxygen atoms in total. The number of aliphatic imine (C=N–C) groups is 1. The topological polar surface area (TPSA) is 45.7 Å². The van der Waals surface area contributed by atoms with Gasteiger partial charge in [0.2, 0.25) is 0 Å². The predicted octanol–water partition coefficient (Wildman–Crippen LogP) is 4.58. The summed E-state index contributed by atoms with van der Waals surface area (Å²) in [6, 6.07) is 5.66. The van der Waals surface area contributed by atoms with Crippen molar-refractivity contribution in [2.24, 2.45) is 10.9 Å². The Bertz CT molecular complexity index is 629. The van der Waals surface area contributed by atoms with E-state index < -0.39 is 17.2 Å². The maximum atomic E-state index is 13.2. The van der Waals surface area contributed by atoms with E-state index >= 15 is 0 Å². The molecule has 0 spiro atoms. The Kier molecular flexibility index (Phi) is 10.0. The van der Waals surface area contributed by atoms with Crippen LogP contribution in [-0.4, -0.2) is 38.8 Å². The highest BCUT2D eigenvalue weighted by atomic mass is 127. The number of hydrogen-bond acceptors (Lipinski definition) is 2. The van der Waals surface area contributed by atoms with E-state index in [1.807, 2.05) is 6.92 Å². The number of guanidine groups is 1. The Morgan fingerprint density at radius 3 is 2.46 bits per heavy atom. The Hall–Kier alpha value is -1.03. The quantitative estimate of drug-likeness (QED) is 0.333. The third-order valence-corrected chi connectivity index (χ3v) is 4.81. The van der Waals surface area contributed by atoms with E-state index in [1.54, 1.807) is 6.07 Å². The lowest BCUT2D eigenvalue weighted by molar-refractivity contribution is -0.137. The van der Waals surface area contributed by atoms with Crippen molar-refractivity contribution in [2.45, 2.75) is 45.2 Å². The molecule has 1 heterocycles. The normalized spacial score (nSPS) is 17.2. The summed E-state index contributed by atoms with van der Waals surface area (Å²) in [6.07, 6.45) is -3.04. The number of alkyl halides is 3. The molecule has 1 fully saturated rings.